The Morgan fingerprint density at radius 3 is 3.12 bits per heavy atom. The van der Waals surface area contributed by atoms with Crippen LogP contribution in [0, 0.1) is 0 Å². The van der Waals surface area contributed by atoms with E-state index in [1.54, 1.807) is 12.3 Å². The topological polar surface area (TPSA) is 67.2 Å². The second-order valence-corrected chi connectivity index (χ2v) is 3.27. The van der Waals surface area contributed by atoms with Gasteiger partial charge in [-0.1, -0.05) is 13.0 Å². The first-order valence-electron chi connectivity index (χ1n) is 5.28. The van der Waals surface area contributed by atoms with Crippen molar-refractivity contribution in [2.24, 2.45) is 0 Å². The maximum Gasteiger partial charge on any atom is 0.234 e. The van der Waals surface area contributed by atoms with Crippen molar-refractivity contribution >= 4 is 5.91 Å². The smallest absolute Gasteiger partial charge is 0.234 e. The van der Waals surface area contributed by atoms with Gasteiger partial charge in [0.2, 0.25) is 11.8 Å². The molecule has 0 fully saturated rings. The molecule has 1 aromatic heterocycles. The van der Waals surface area contributed by atoms with Gasteiger partial charge in [-0.3, -0.25) is 4.79 Å². The summed E-state index contributed by atoms with van der Waals surface area (Å²) in [6.07, 6.45) is 4.19. The van der Waals surface area contributed by atoms with Gasteiger partial charge >= 0.3 is 0 Å². The molecule has 0 bridgehead atoms. The van der Waals surface area contributed by atoms with E-state index in [1.165, 1.54) is 0 Å². The largest absolute Gasteiger partial charge is 0.444 e. The van der Waals surface area contributed by atoms with Gasteiger partial charge in [-0.15, -0.1) is 6.58 Å². The maximum atomic E-state index is 11.3. The third-order valence-electron chi connectivity index (χ3n) is 1.96. The van der Waals surface area contributed by atoms with Crippen molar-refractivity contribution in [2.45, 2.75) is 19.9 Å². The predicted molar refractivity (Wildman–Crippen MR) is 60.8 cm³/mol. The van der Waals surface area contributed by atoms with Gasteiger partial charge in [0.25, 0.3) is 0 Å². The standard InChI is InChI=1S/C11H17N3O2/c1-3-5-12-7-10(15)13-8-11-14-6-9(4-2)16-11/h3,6,12H,1,4-5,7-8H2,2H3,(H,13,15). The van der Waals surface area contributed by atoms with Gasteiger partial charge in [-0.2, -0.15) is 0 Å². The van der Waals surface area contributed by atoms with Crippen LogP contribution in [-0.4, -0.2) is 24.0 Å². The zero-order chi connectivity index (χ0) is 11.8. The number of rotatable bonds is 7. The number of carbonyl (C=O) groups excluding carboxylic acids is 1. The van der Waals surface area contributed by atoms with E-state index in [4.69, 9.17) is 4.42 Å². The Hall–Kier alpha value is -1.62. The lowest BCUT2D eigenvalue weighted by molar-refractivity contribution is -0.120. The second kappa shape index (κ2) is 6.79. The number of oxazole rings is 1. The van der Waals surface area contributed by atoms with E-state index in [-0.39, 0.29) is 12.5 Å². The summed E-state index contributed by atoms with van der Waals surface area (Å²) in [4.78, 5) is 15.3. The number of aromatic nitrogens is 1. The summed E-state index contributed by atoms with van der Waals surface area (Å²) >= 11 is 0. The molecule has 88 valence electrons. The molecular weight excluding hydrogens is 206 g/mol. The van der Waals surface area contributed by atoms with E-state index in [2.05, 4.69) is 22.2 Å². The van der Waals surface area contributed by atoms with Crippen LogP contribution in [0.2, 0.25) is 0 Å². The zero-order valence-corrected chi connectivity index (χ0v) is 9.45. The Morgan fingerprint density at radius 1 is 1.69 bits per heavy atom. The monoisotopic (exact) mass is 223 g/mol. The SMILES string of the molecule is C=CCNCC(=O)NCc1ncc(CC)o1. The molecule has 5 nitrogen and oxygen atoms in total. The van der Waals surface area contributed by atoms with Crippen molar-refractivity contribution in [3.63, 3.8) is 0 Å². The highest BCUT2D eigenvalue weighted by Gasteiger charge is 2.04. The van der Waals surface area contributed by atoms with Gasteiger partial charge in [0.1, 0.15) is 5.76 Å². The first kappa shape index (κ1) is 12.4. The van der Waals surface area contributed by atoms with E-state index < -0.39 is 0 Å². The number of nitrogens with one attached hydrogen (secondary N) is 2. The molecule has 0 aliphatic rings. The molecule has 1 heterocycles. The van der Waals surface area contributed by atoms with Crippen molar-refractivity contribution in [1.29, 1.82) is 0 Å². The minimum atomic E-state index is -0.0851. The minimum absolute atomic E-state index is 0.0851. The molecule has 0 aliphatic carbocycles. The molecule has 0 aliphatic heterocycles. The average molecular weight is 223 g/mol. The lowest BCUT2D eigenvalue weighted by Gasteiger charge is -2.02. The Labute approximate surface area is 94.9 Å². The van der Waals surface area contributed by atoms with Crippen LogP contribution >= 0.6 is 0 Å². The average Bonchev–Trinajstić information content (AvgIpc) is 2.74. The van der Waals surface area contributed by atoms with E-state index in [9.17, 15) is 4.79 Å². The van der Waals surface area contributed by atoms with Crippen LogP contribution in [0.3, 0.4) is 0 Å². The van der Waals surface area contributed by atoms with E-state index >= 15 is 0 Å². The van der Waals surface area contributed by atoms with Crippen LogP contribution in [0.4, 0.5) is 0 Å². The zero-order valence-electron chi connectivity index (χ0n) is 9.45. The second-order valence-electron chi connectivity index (χ2n) is 3.27. The van der Waals surface area contributed by atoms with E-state index in [1.807, 2.05) is 6.92 Å². The van der Waals surface area contributed by atoms with Crippen LogP contribution in [0.15, 0.2) is 23.3 Å². The highest BCUT2D eigenvalue weighted by Crippen LogP contribution is 2.03. The number of nitrogens with zero attached hydrogens (tertiary/aromatic N) is 1. The van der Waals surface area contributed by atoms with Gasteiger partial charge in [0, 0.05) is 13.0 Å². The number of hydrogen-bond donors (Lipinski definition) is 2. The molecule has 0 unspecified atom stereocenters. The third-order valence-corrected chi connectivity index (χ3v) is 1.96. The molecule has 0 saturated carbocycles. The first-order chi connectivity index (χ1) is 7.76. The van der Waals surface area contributed by atoms with Gasteiger partial charge in [-0.05, 0) is 0 Å². The van der Waals surface area contributed by atoms with Crippen molar-refractivity contribution in [3.05, 3.63) is 30.5 Å². The Balaban J connectivity index is 2.23. The summed E-state index contributed by atoms with van der Waals surface area (Å²) in [5, 5.41) is 5.61. The molecule has 0 saturated heterocycles. The van der Waals surface area contributed by atoms with Gasteiger partial charge in [0.05, 0.1) is 19.3 Å². The predicted octanol–water partition coefficient (Wildman–Crippen LogP) is 0.629. The molecule has 16 heavy (non-hydrogen) atoms. The molecule has 2 N–H and O–H groups in total. The molecule has 0 aromatic carbocycles. The van der Waals surface area contributed by atoms with Crippen molar-refractivity contribution in [1.82, 2.24) is 15.6 Å². The fraction of sp³-hybridized carbons (Fsp3) is 0.455. The highest BCUT2D eigenvalue weighted by atomic mass is 16.4. The summed E-state index contributed by atoms with van der Waals surface area (Å²) in [6, 6.07) is 0. The van der Waals surface area contributed by atoms with E-state index in [0.717, 1.165) is 12.2 Å². The molecular formula is C11H17N3O2. The number of carbonyl (C=O) groups is 1. The summed E-state index contributed by atoms with van der Waals surface area (Å²) < 4.78 is 5.35. The summed E-state index contributed by atoms with van der Waals surface area (Å²) in [7, 11) is 0. The lowest BCUT2D eigenvalue weighted by Crippen LogP contribution is -2.33. The maximum absolute atomic E-state index is 11.3. The summed E-state index contributed by atoms with van der Waals surface area (Å²) in [5.74, 6) is 1.28. The summed E-state index contributed by atoms with van der Waals surface area (Å²) in [5.41, 5.74) is 0. The van der Waals surface area contributed by atoms with Crippen LogP contribution in [0.25, 0.3) is 0 Å². The van der Waals surface area contributed by atoms with Gasteiger partial charge in [0.15, 0.2) is 0 Å². The Morgan fingerprint density at radius 2 is 2.50 bits per heavy atom. The fourth-order valence-electron chi connectivity index (χ4n) is 1.12. The highest BCUT2D eigenvalue weighted by molar-refractivity contribution is 5.77. The normalized spacial score (nSPS) is 10.1. The third kappa shape index (κ3) is 4.27. The van der Waals surface area contributed by atoms with Crippen molar-refractivity contribution in [3.8, 4) is 0 Å². The van der Waals surface area contributed by atoms with E-state index in [0.29, 0.717) is 19.0 Å². The van der Waals surface area contributed by atoms with Gasteiger partial charge in [-0.25, -0.2) is 4.98 Å². The van der Waals surface area contributed by atoms with Crippen molar-refractivity contribution < 1.29 is 9.21 Å². The van der Waals surface area contributed by atoms with Crippen LogP contribution in [0.5, 0.6) is 0 Å². The Bertz CT molecular complexity index is 347. The summed E-state index contributed by atoms with van der Waals surface area (Å²) in [6.45, 7) is 6.75. The lowest BCUT2D eigenvalue weighted by atomic mass is 10.4. The first-order valence-corrected chi connectivity index (χ1v) is 5.28. The number of hydrogen-bond acceptors (Lipinski definition) is 4. The molecule has 0 radical (unpaired) electrons. The number of amides is 1. The molecule has 0 atom stereocenters. The number of aryl methyl sites for hydroxylation is 1. The fourth-order valence-corrected chi connectivity index (χ4v) is 1.12. The van der Waals surface area contributed by atoms with Crippen LogP contribution < -0.4 is 10.6 Å². The van der Waals surface area contributed by atoms with Crippen LogP contribution in [0.1, 0.15) is 18.6 Å². The Kier molecular flexibility index (Phi) is 5.28. The minimum Gasteiger partial charge on any atom is -0.444 e. The molecule has 0 spiro atoms. The quantitative estimate of drug-likeness (QED) is 0.525. The van der Waals surface area contributed by atoms with Crippen LogP contribution in [-0.2, 0) is 17.8 Å². The molecule has 1 amide bonds. The molecule has 1 aromatic rings. The van der Waals surface area contributed by atoms with Gasteiger partial charge < -0.3 is 15.1 Å². The van der Waals surface area contributed by atoms with Crippen molar-refractivity contribution in [2.75, 3.05) is 13.1 Å². The molecule has 1 rings (SSSR count). The molecule has 5 heteroatoms.